The van der Waals surface area contributed by atoms with Crippen molar-refractivity contribution in [3.8, 4) is 28.7 Å². The molecule has 1 unspecified atom stereocenters. The van der Waals surface area contributed by atoms with E-state index in [1.165, 1.54) is 18.2 Å². The van der Waals surface area contributed by atoms with Gasteiger partial charge in [0.15, 0.2) is 23.0 Å². The van der Waals surface area contributed by atoms with Crippen molar-refractivity contribution < 1.29 is 33.4 Å². The van der Waals surface area contributed by atoms with Gasteiger partial charge < -0.3 is 28.6 Å². The van der Waals surface area contributed by atoms with E-state index in [-0.39, 0.29) is 25.0 Å². The van der Waals surface area contributed by atoms with Crippen LogP contribution in [0.2, 0.25) is 0 Å². The van der Waals surface area contributed by atoms with Gasteiger partial charge in [0.05, 0.1) is 25.2 Å². The van der Waals surface area contributed by atoms with Crippen LogP contribution in [-0.4, -0.2) is 49.9 Å². The van der Waals surface area contributed by atoms with Gasteiger partial charge in [-0.05, 0) is 65.6 Å². The SMILES string of the molecule is COc1cc2c(cc1OC)C(COc1ccc([N+](=O)[O-])cc1)N(C(=O)/C=C/c1ccc3c(c1)OCO3)CC2. The molecule has 2 aliphatic rings. The van der Waals surface area contributed by atoms with Crippen molar-refractivity contribution in [1.29, 1.82) is 0 Å². The molecule has 0 radical (unpaired) electrons. The van der Waals surface area contributed by atoms with Crippen molar-refractivity contribution in [3.05, 3.63) is 87.5 Å². The van der Waals surface area contributed by atoms with Gasteiger partial charge in [-0.15, -0.1) is 0 Å². The minimum Gasteiger partial charge on any atom is -0.493 e. The van der Waals surface area contributed by atoms with E-state index in [0.717, 1.165) is 16.7 Å². The monoisotopic (exact) mass is 518 g/mol. The summed E-state index contributed by atoms with van der Waals surface area (Å²) in [5, 5.41) is 11.0. The summed E-state index contributed by atoms with van der Waals surface area (Å²) < 4.78 is 27.8. The molecule has 10 nitrogen and oxygen atoms in total. The molecule has 10 heteroatoms. The van der Waals surface area contributed by atoms with E-state index >= 15 is 0 Å². The molecule has 0 aliphatic carbocycles. The summed E-state index contributed by atoms with van der Waals surface area (Å²) in [6.45, 7) is 0.796. The Morgan fingerprint density at radius 2 is 1.79 bits per heavy atom. The van der Waals surface area contributed by atoms with Gasteiger partial charge in [-0.1, -0.05) is 6.07 Å². The fraction of sp³-hybridized carbons (Fsp3) is 0.250. The van der Waals surface area contributed by atoms with Gasteiger partial charge in [0, 0.05) is 24.8 Å². The summed E-state index contributed by atoms with van der Waals surface area (Å²) >= 11 is 0. The Hall–Kier alpha value is -4.73. The van der Waals surface area contributed by atoms with Crippen LogP contribution in [0.5, 0.6) is 28.7 Å². The van der Waals surface area contributed by atoms with Crippen LogP contribution in [0.25, 0.3) is 6.08 Å². The smallest absolute Gasteiger partial charge is 0.269 e. The number of benzene rings is 3. The van der Waals surface area contributed by atoms with E-state index < -0.39 is 11.0 Å². The van der Waals surface area contributed by atoms with Gasteiger partial charge in [-0.2, -0.15) is 0 Å². The molecular weight excluding hydrogens is 492 g/mol. The lowest BCUT2D eigenvalue weighted by atomic mass is 9.92. The molecule has 38 heavy (non-hydrogen) atoms. The molecule has 196 valence electrons. The number of methoxy groups -OCH3 is 2. The quantitative estimate of drug-likeness (QED) is 0.243. The second-order valence-corrected chi connectivity index (χ2v) is 8.71. The Balaban J connectivity index is 1.41. The van der Waals surface area contributed by atoms with Crippen LogP contribution in [0.4, 0.5) is 5.69 Å². The molecular formula is C28H26N2O8. The standard InChI is InChI=1S/C28H26N2O8/c1-34-25-14-19-11-12-29(28(31)10-4-18-3-9-24-27(13-18)38-17-37-24)23(22(19)15-26(25)35-2)16-36-21-7-5-20(6-8-21)30(32)33/h3-10,13-15,23H,11-12,16-17H2,1-2H3/b10-4+. The molecule has 1 atom stereocenters. The Kier molecular flexibility index (Phi) is 7.03. The number of carbonyl (C=O) groups excluding carboxylic acids is 1. The molecule has 5 rings (SSSR count). The van der Waals surface area contributed by atoms with E-state index in [0.29, 0.717) is 41.7 Å². The average Bonchev–Trinajstić information content (AvgIpc) is 3.42. The van der Waals surface area contributed by atoms with Crippen molar-refractivity contribution in [2.45, 2.75) is 12.5 Å². The third-order valence-electron chi connectivity index (χ3n) is 6.56. The highest BCUT2D eigenvalue weighted by Gasteiger charge is 2.32. The number of nitrogens with zero attached hydrogens (tertiary/aromatic N) is 2. The number of nitro benzene ring substituents is 1. The third-order valence-corrected chi connectivity index (χ3v) is 6.56. The lowest BCUT2D eigenvalue weighted by Crippen LogP contribution is -2.41. The zero-order valence-electron chi connectivity index (χ0n) is 20.9. The first-order chi connectivity index (χ1) is 18.5. The second kappa shape index (κ2) is 10.7. The number of amides is 1. The maximum atomic E-state index is 13.4. The van der Waals surface area contributed by atoms with E-state index in [9.17, 15) is 14.9 Å². The first-order valence-corrected chi connectivity index (χ1v) is 12.0. The van der Waals surface area contributed by atoms with Crippen molar-refractivity contribution in [3.63, 3.8) is 0 Å². The van der Waals surface area contributed by atoms with E-state index in [1.807, 2.05) is 30.3 Å². The topological polar surface area (TPSA) is 110 Å². The molecule has 0 bridgehead atoms. The predicted molar refractivity (Wildman–Crippen MR) is 138 cm³/mol. The highest BCUT2D eigenvalue weighted by Crippen LogP contribution is 2.39. The maximum absolute atomic E-state index is 13.4. The third kappa shape index (κ3) is 5.06. The van der Waals surface area contributed by atoms with E-state index in [2.05, 4.69) is 0 Å². The van der Waals surface area contributed by atoms with Crippen LogP contribution in [0.1, 0.15) is 22.7 Å². The number of hydrogen-bond donors (Lipinski definition) is 0. The molecule has 0 spiro atoms. The van der Waals surface area contributed by atoms with Crippen molar-refractivity contribution in [1.82, 2.24) is 4.90 Å². The fourth-order valence-corrected chi connectivity index (χ4v) is 4.59. The summed E-state index contributed by atoms with van der Waals surface area (Å²) in [6.07, 6.45) is 3.90. The summed E-state index contributed by atoms with van der Waals surface area (Å²) in [7, 11) is 3.14. The van der Waals surface area contributed by atoms with Crippen LogP contribution in [0.15, 0.2) is 60.7 Å². The summed E-state index contributed by atoms with van der Waals surface area (Å²) in [5.41, 5.74) is 2.71. The number of non-ortho nitro benzene ring substituents is 1. The zero-order valence-corrected chi connectivity index (χ0v) is 20.9. The predicted octanol–water partition coefficient (Wildman–Crippen LogP) is 4.56. The van der Waals surface area contributed by atoms with Gasteiger partial charge in [-0.3, -0.25) is 14.9 Å². The summed E-state index contributed by atoms with van der Waals surface area (Å²) in [4.78, 5) is 25.7. The summed E-state index contributed by atoms with van der Waals surface area (Å²) in [5.74, 6) is 2.77. The largest absolute Gasteiger partial charge is 0.493 e. The molecule has 1 amide bonds. The molecule has 2 aliphatic heterocycles. The van der Waals surface area contributed by atoms with Crippen LogP contribution in [0, 0.1) is 10.1 Å². The number of carbonyl (C=O) groups is 1. The first kappa shape index (κ1) is 24.9. The molecule has 0 fully saturated rings. The Labute approximate surface area is 219 Å². The lowest BCUT2D eigenvalue weighted by molar-refractivity contribution is -0.384. The van der Waals surface area contributed by atoms with Gasteiger partial charge >= 0.3 is 0 Å². The summed E-state index contributed by atoms with van der Waals surface area (Å²) in [6, 6.07) is 14.7. The van der Waals surface area contributed by atoms with Crippen LogP contribution in [-0.2, 0) is 11.2 Å². The molecule has 0 saturated carbocycles. The normalized spacial score (nSPS) is 15.7. The number of nitro groups is 1. The fourth-order valence-electron chi connectivity index (χ4n) is 4.59. The van der Waals surface area contributed by atoms with Gasteiger partial charge in [-0.25, -0.2) is 0 Å². The maximum Gasteiger partial charge on any atom is 0.269 e. The molecule has 3 aromatic rings. The Bertz CT molecular complexity index is 1390. The van der Waals surface area contributed by atoms with Gasteiger partial charge in [0.25, 0.3) is 5.69 Å². The number of rotatable bonds is 8. The molecule has 0 saturated heterocycles. The molecule has 2 heterocycles. The minimum absolute atomic E-state index is 0.0253. The highest BCUT2D eigenvalue weighted by molar-refractivity contribution is 5.92. The van der Waals surface area contributed by atoms with Crippen LogP contribution < -0.4 is 23.7 Å². The van der Waals surface area contributed by atoms with Crippen LogP contribution in [0.3, 0.4) is 0 Å². The number of hydrogen-bond acceptors (Lipinski definition) is 8. The van der Waals surface area contributed by atoms with E-state index in [4.69, 9.17) is 23.7 Å². The highest BCUT2D eigenvalue weighted by atomic mass is 16.7. The molecule has 0 N–H and O–H groups in total. The lowest BCUT2D eigenvalue weighted by Gasteiger charge is -2.37. The van der Waals surface area contributed by atoms with E-state index in [1.54, 1.807) is 37.3 Å². The zero-order chi connectivity index (χ0) is 26.6. The second-order valence-electron chi connectivity index (χ2n) is 8.71. The van der Waals surface area contributed by atoms with Crippen molar-refractivity contribution in [2.75, 3.05) is 34.2 Å². The van der Waals surface area contributed by atoms with Crippen molar-refractivity contribution in [2.24, 2.45) is 0 Å². The number of fused-ring (bicyclic) bond motifs is 2. The van der Waals surface area contributed by atoms with Gasteiger partial charge in [0.1, 0.15) is 12.4 Å². The average molecular weight is 519 g/mol. The molecule has 0 aromatic heterocycles. The van der Waals surface area contributed by atoms with Crippen LogP contribution >= 0.6 is 0 Å². The Morgan fingerprint density at radius 3 is 2.53 bits per heavy atom. The Morgan fingerprint density at radius 1 is 1.05 bits per heavy atom. The van der Waals surface area contributed by atoms with Gasteiger partial charge in [0.2, 0.25) is 12.7 Å². The van der Waals surface area contributed by atoms with Crippen molar-refractivity contribution >= 4 is 17.7 Å². The molecule has 3 aromatic carbocycles. The first-order valence-electron chi connectivity index (χ1n) is 12.0. The minimum atomic E-state index is -0.465. The number of ether oxygens (including phenoxy) is 5.